The lowest BCUT2D eigenvalue weighted by Gasteiger charge is -2.43. The molecule has 0 N–H and O–H groups in total. The molecule has 1 aromatic carbocycles. The molecule has 2 fully saturated rings. The SMILES string of the molecule is COc1cc(N2CCC(N3CCN(CCS(C)(=O)=O)CC3)CC2)ccc1[N+](=O)[O-]. The van der Waals surface area contributed by atoms with Crippen molar-refractivity contribution in [1.29, 1.82) is 0 Å². The molecule has 0 bridgehead atoms. The summed E-state index contributed by atoms with van der Waals surface area (Å²) in [5.74, 6) is 0.518. The summed E-state index contributed by atoms with van der Waals surface area (Å²) >= 11 is 0. The first-order valence-corrected chi connectivity index (χ1v) is 12.0. The Bertz CT molecular complexity index is 816. The van der Waals surface area contributed by atoms with Gasteiger partial charge in [-0.15, -0.1) is 0 Å². The number of nitrogens with zero attached hydrogens (tertiary/aromatic N) is 4. The highest BCUT2D eigenvalue weighted by molar-refractivity contribution is 7.90. The van der Waals surface area contributed by atoms with E-state index in [2.05, 4.69) is 14.7 Å². The molecule has 0 saturated carbocycles. The molecule has 2 heterocycles. The van der Waals surface area contributed by atoms with E-state index in [4.69, 9.17) is 4.74 Å². The molecule has 162 valence electrons. The Morgan fingerprint density at radius 1 is 1.14 bits per heavy atom. The van der Waals surface area contributed by atoms with Crippen molar-refractivity contribution in [3.8, 4) is 5.75 Å². The maximum atomic E-state index is 11.3. The zero-order valence-corrected chi connectivity index (χ0v) is 17.9. The number of anilines is 1. The zero-order valence-electron chi connectivity index (χ0n) is 17.1. The second-order valence-corrected chi connectivity index (χ2v) is 10.1. The van der Waals surface area contributed by atoms with Crippen LogP contribution in [-0.2, 0) is 9.84 Å². The van der Waals surface area contributed by atoms with Crippen molar-refractivity contribution in [3.05, 3.63) is 28.3 Å². The van der Waals surface area contributed by atoms with E-state index in [1.54, 1.807) is 12.1 Å². The van der Waals surface area contributed by atoms with Crippen LogP contribution < -0.4 is 9.64 Å². The van der Waals surface area contributed by atoms with Crippen molar-refractivity contribution in [2.24, 2.45) is 0 Å². The van der Waals surface area contributed by atoms with Crippen molar-refractivity contribution in [3.63, 3.8) is 0 Å². The number of hydrogen-bond donors (Lipinski definition) is 0. The lowest BCUT2D eigenvalue weighted by Crippen LogP contribution is -2.53. The first-order valence-electron chi connectivity index (χ1n) is 9.98. The number of nitro groups is 1. The summed E-state index contributed by atoms with van der Waals surface area (Å²) in [6.45, 7) is 6.19. The first-order chi connectivity index (χ1) is 13.8. The quantitative estimate of drug-likeness (QED) is 0.475. The van der Waals surface area contributed by atoms with Gasteiger partial charge in [-0.05, 0) is 18.9 Å². The van der Waals surface area contributed by atoms with Crippen molar-refractivity contribution >= 4 is 21.2 Å². The Hall–Kier alpha value is -1.91. The summed E-state index contributed by atoms with van der Waals surface area (Å²) in [5.41, 5.74) is 0.941. The van der Waals surface area contributed by atoms with Crippen molar-refractivity contribution in [2.45, 2.75) is 18.9 Å². The highest BCUT2D eigenvalue weighted by Crippen LogP contribution is 2.33. The second kappa shape index (κ2) is 9.27. The molecule has 29 heavy (non-hydrogen) atoms. The standard InChI is InChI=1S/C19H30N4O5S/c1-28-19-15-17(3-4-18(19)23(24)25)21-7-5-16(6-8-21)22-11-9-20(10-12-22)13-14-29(2,26)27/h3-4,15-16H,5-14H2,1-2H3. The summed E-state index contributed by atoms with van der Waals surface area (Å²) in [6.07, 6.45) is 3.38. The number of piperazine rings is 1. The third kappa shape index (κ3) is 5.80. The predicted molar refractivity (Wildman–Crippen MR) is 113 cm³/mol. The highest BCUT2D eigenvalue weighted by atomic mass is 32.2. The molecule has 2 aliphatic rings. The number of nitro benzene ring substituents is 1. The number of hydrogen-bond acceptors (Lipinski definition) is 8. The number of methoxy groups -OCH3 is 1. The minimum atomic E-state index is -2.91. The van der Waals surface area contributed by atoms with Crippen LogP contribution in [0, 0.1) is 10.1 Å². The number of benzene rings is 1. The van der Waals surface area contributed by atoms with Gasteiger partial charge in [0.1, 0.15) is 9.84 Å². The van der Waals surface area contributed by atoms with E-state index in [-0.39, 0.29) is 11.4 Å². The van der Waals surface area contributed by atoms with Crippen LogP contribution in [0.25, 0.3) is 0 Å². The Morgan fingerprint density at radius 2 is 1.79 bits per heavy atom. The molecule has 0 aliphatic carbocycles. The smallest absolute Gasteiger partial charge is 0.311 e. The fraction of sp³-hybridized carbons (Fsp3) is 0.684. The van der Waals surface area contributed by atoms with Crippen LogP contribution in [0.1, 0.15) is 12.8 Å². The molecular weight excluding hydrogens is 396 g/mol. The van der Waals surface area contributed by atoms with E-state index < -0.39 is 14.8 Å². The van der Waals surface area contributed by atoms with Crippen LogP contribution in [0.15, 0.2) is 18.2 Å². The molecule has 2 aliphatic heterocycles. The van der Waals surface area contributed by atoms with Gasteiger partial charge in [0.05, 0.1) is 17.8 Å². The van der Waals surface area contributed by atoms with E-state index in [0.29, 0.717) is 18.3 Å². The molecule has 0 aromatic heterocycles. The van der Waals surface area contributed by atoms with Crippen molar-refractivity contribution < 1.29 is 18.1 Å². The Balaban J connectivity index is 1.49. The maximum Gasteiger partial charge on any atom is 0.311 e. The minimum absolute atomic E-state index is 0.0140. The van der Waals surface area contributed by atoms with Gasteiger partial charge in [0, 0.05) is 75.9 Å². The third-order valence-electron chi connectivity index (χ3n) is 5.89. The van der Waals surface area contributed by atoms with Gasteiger partial charge in [0.15, 0.2) is 5.75 Å². The van der Waals surface area contributed by atoms with E-state index >= 15 is 0 Å². The minimum Gasteiger partial charge on any atom is -0.490 e. The van der Waals surface area contributed by atoms with Crippen molar-refractivity contribution in [2.75, 3.05) is 69.8 Å². The second-order valence-electron chi connectivity index (χ2n) is 7.84. The van der Waals surface area contributed by atoms with Crippen molar-refractivity contribution in [1.82, 2.24) is 9.80 Å². The molecule has 0 atom stereocenters. The van der Waals surface area contributed by atoms with E-state index in [1.807, 2.05) is 0 Å². The fourth-order valence-electron chi connectivity index (χ4n) is 4.15. The fourth-order valence-corrected chi connectivity index (χ4v) is 4.74. The monoisotopic (exact) mass is 426 g/mol. The summed E-state index contributed by atoms with van der Waals surface area (Å²) < 4.78 is 27.9. The Labute approximate surface area is 172 Å². The Morgan fingerprint density at radius 3 is 2.34 bits per heavy atom. The molecule has 0 radical (unpaired) electrons. The van der Waals surface area contributed by atoms with Gasteiger partial charge in [-0.2, -0.15) is 0 Å². The summed E-state index contributed by atoms with van der Waals surface area (Å²) in [7, 11) is -1.46. The van der Waals surface area contributed by atoms with Gasteiger partial charge in [0.2, 0.25) is 0 Å². The number of sulfone groups is 1. The largest absolute Gasteiger partial charge is 0.490 e. The highest BCUT2D eigenvalue weighted by Gasteiger charge is 2.28. The molecule has 2 saturated heterocycles. The first kappa shape index (κ1) is 21.8. The van der Waals surface area contributed by atoms with Crippen LogP contribution in [0.5, 0.6) is 5.75 Å². The normalized spacial score (nSPS) is 20.0. The molecule has 1 aromatic rings. The van der Waals surface area contributed by atoms with E-state index in [0.717, 1.165) is 57.8 Å². The summed E-state index contributed by atoms with van der Waals surface area (Å²) in [4.78, 5) is 17.7. The van der Waals surface area contributed by atoms with Gasteiger partial charge in [0.25, 0.3) is 0 Å². The molecular formula is C19H30N4O5S. The van der Waals surface area contributed by atoms with Crippen LogP contribution in [-0.4, -0.2) is 94.1 Å². The number of ether oxygens (including phenoxy) is 1. The van der Waals surface area contributed by atoms with Crippen LogP contribution in [0.3, 0.4) is 0 Å². The van der Waals surface area contributed by atoms with Crippen LogP contribution in [0.4, 0.5) is 11.4 Å². The van der Waals surface area contributed by atoms with Crippen LogP contribution in [0.2, 0.25) is 0 Å². The molecule has 0 unspecified atom stereocenters. The molecule has 3 rings (SSSR count). The third-order valence-corrected chi connectivity index (χ3v) is 6.82. The topological polar surface area (TPSA) is 96.2 Å². The number of rotatable bonds is 7. The maximum absolute atomic E-state index is 11.3. The summed E-state index contributed by atoms with van der Waals surface area (Å²) in [5, 5.41) is 11.1. The number of piperidine rings is 1. The summed E-state index contributed by atoms with van der Waals surface area (Å²) in [6, 6.07) is 5.58. The average molecular weight is 427 g/mol. The molecule has 0 spiro atoms. The van der Waals surface area contributed by atoms with Gasteiger partial charge in [-0.1, -0.05) is 0 Å². The molecule has 10 heteroatoms. The average Bonchev–Trinajstić information content (AvgIpc) is 2.71. The predicted octanol–water partition coefficient (Wildman–Crippen LogP) is 1.23. The Kier molecular flexibility index (Phi) is 6.97. The van der Waals surface area contributed by atoms with Gasteiger partial charge < -0.3 is 9.64 Å². The van der Waals surface area contributed by atoms with Gasteiger partial charge >= 0.3 is 5.69 Å². The van der Waals surface area contributed by atoms with Gasteiger partial charge in [-0.3, -0.25) is 19.9 Å². The lowest BCUT2D eigenvalue weighted by molar-refractivity contribution is -0.385. The molecule has 0 amide bonds. The zero-order chi connectivity index (χ0) is 21.0. The van der Waals surface area contributed by atoms with Crippen LogP contribution >= 0.6 is 0 Å². The molecule has 9 nitrogen and oxygen atoms in total. The lowest BCUT2D eigenvalue weighted by atomic mass is 10.0. The van der Waals surface area contributed by atoms with Gasteiger partial charge in [-0.25, -0.2) is 8.42 Å². The van der Waals surface area contributed by atoms with E-state index in [1.165, 1.54) is 19.4 Å². The van der Waals surface area contributed by atoms with E-state index in [9.17, 15) is 18.5 Å².